The van der Waals surface area contributed by atoms with Crippen LogP contribution in [-0.2, 0) is 0 Å². The number of nitrogens with one attached hydrogen (secondary N) is 2. The Labute approximate surface area is 183 Å². The quantitative estimate of drug-likeness (QED) is 0.748. The topological polar surface area (TPSA) is 76.6 Å². The Kier molecular flexibility index (Phi) is 4.72. The van der Waals surface area contributed by atoms with Gasteiger partial charge in [0, 0.05) is 38.2 Å². The van der Waals surface area contributed by atoms with Gasteiger partial charge in [0.05, 0.1) is 17.9 Å². The molecule has 1 aromatic carbocycles. The summed E-state index contributed by atoms with van der Waals surface area (Å²) in [6.07, 6.45) is 5.95. The Morgan fingerprint density at radius 3 is 2.74 bits per heavy atom. The Balaban J connectivity index is 1.33. The van der Waals surface area contributed by atoms with Crippen molar-refractivity contribution in [2.75, 3.05) is 41.9 Å². The first-order valence-electron chi connectivity index (χ1n) is 10.9. The average molecular weight is 420 g/mol. The molecule has 2 aromatic rings. The molecule has 2 fully saturated rings. The van der Waals surface area contributed by atoms with E-state index >= 15 is 0 Å². The minimum atomic E-state index is -0.172. The summed E-state index contributed by atoms with van der Waals surface area (Å²) in [5.74, 6) is 1.70. The Bertz CT molecular complexity index is 1030. The van der Waals surface area contributed by atoms with E-state index in [0.29, 0.717) is 30.8 Å². The molecule has 31 heavy (non-hydrogen) atoms. The molecule has 0 spiro atoms. The summed E-state index contributed by atoms with van der Waals surface area (Å²) >= 11 is 0. The fraction of sp³-hybridized carbons (Fsp3) is 0.435. The number of rotatable bonds is 6. The van der Waals surface area contributed by atoms with Gasteiger partial charge in [-0.25, -0.2) is 9.78 Å². The van der Waals surface area contributed by atoms with Crippen LogP contribution >= 0.6 is 0 Å². The number of carbonyl (C=O) groups is 1. The fourth-order valence-corrected chi connectivity index (χ4v) is 4.16. The lowest BCUT2D eigenvalue weighted by molar-refractivity contribution is 0.229. The van der Waals surface area contributed by atoms with E-state index in [9.17, 15) is 4.79 Å². The molecule has 2 aliphatic heterocycles. The lowest BCUT2D eigenvalue weighted by Crippen LogP contribution is -2.33. The van der Waals surface area contributed by atoms with Crippen LogP contribution in [0.3, 0.4) is 0 Å². The normalized spacial score (nSPS) is 19.7. The molecule has 0 atom stereocenters. The smallest absolute Gasteiger partial charge is 0.325 e. The summed E-state index contributed by atoms with van der Waals surface area (Å²) in [6.45, 7) is 6.53. The number of carbonyl (C=O) groups excluding carboxylic acids is 1. The van der Waals surface area contributed by atoms with Crippen LogP contribution in [0.4, 0.5) is 22.2 Å². The number of hydrogen-bond donors (Lipinski definition) is 2. The molecule has 0 bridgehead atoms. The van der Waals surface area contributed by atoms with E-state index in [1.165, 1.54) is 11.3 Å². The Hall–Kier alpha value is -3.29. The zero-order chi connectivity index (χ0) is 21.6. The molecule has 0 radical (unpaired) electrons. The summed E-state index contributed by atoms with van der Waals surface area (Å²) in [7, 11) is 1.81. The second-order valence-corrected chi connectivity index (χ2v) is 8.90. The number of hydrogen-bond acceptors (Lipinski definition) is 6. The van der Waals surface area contributed by atoms with Crippen LogP contribution in [0.5, 0.6) is 0 Å². The minimum absolute atomic E-state index is 0.0229. The highest BCUT2D eigenvalue weighted by Gasteiger charge is 2.48. The summed E-state index contributed by atoms with van der Waals surface area (Å²) in [6, 6.07) is 10.5. The second-order valence-electron chi connectivity index (χ2n) is 8.90. The molecule has 8 heteroatoms. The van der Waals surface area contributed by atoms with E-state index in [1.54, 1.807) is 22.1 Å². The van der Waals surface area contributed by atoms with Crippen molar-refractivity contribution < 1.29 is 4.79 Å². The molecule has 3 heterocycles. The average Bonchev–Trinajstić information content (AvgIpc) is 3.22. The van der Waals surface area contributed by atoms with E-state index in [4.69, 9.17) is 0 Å². The van der Waals surface area contributed by atoms with Crippen molar-refractivity contribution in [3.8, 4) is 0 Å². The third-order valence-corrected chi connectivity index (χ3v) is 6.34. The molecule has 162 valence electrons. The van der Waals surface area contributed by atoms with Gasteiger partial charge in [-0.05, 0) is 42.5 Å². The van der Waals surface area contributed by atoms with E-state index in [0.717, 1.165) is 25.2 Å². The first-order chi connectivity index (χ1) is 14.9. The highest BCUT2D eigenvalue weighted by atomic mass is 16.2. The van der Waals surface area contributed by atoms with Gasteiger partial charge in [-0.3, -0.25) is 4.90 Å². The van der Waals surface area contributed by atoms with E-state index in [1.807, 2.05) is 7.05 Å². The molecule has 8 nitrogen and oxygen atoms in total. The van der Waals surface area contributed by atoms with Crippen LogP contribution in [0.1, 0.15) is 38.2 Å². The molecule has 3 aliphatic rings. The van der Waals surface area contributed by atoms with Gasteiger partial charge in [0.2, 0.25) is 5.95 Å². The van der Waals surface area contributed by atoms with Gasteiger partial charge >= 0.3 is 6.03 Å². The third-order valence-electron chi connectivity index (χ3n) is 6.34. The zero-order valence-electron chi connectivity index (χ0n) is 18.3. The summed E-state index contributed by atoms with van der Waals surface area (Å²) < 4.78 is 0. The molecule has 1 saturated heterocycles. The monoisotopic (exact) mass is 419 g/mol. The number of nitrogens with zero attached hydrogens (tertiary/aromatic N) is 5. The van der Waals surface area contributed by atoms with Crippen molar-refractivity contribution in [3.63, 3.8) is 0 Å². The highest BCUT2D eigenvalue weighted by molar-refractivity contribution is 5.93. The molecule has 2 N–H and O–H groups in total. The van der Waals surface area contributed by atoms with Crippen LogP contribution in [0.25, 0.3) is 0 Å². The predicted molar refractivity (Wildman–Crippen MR) is 122 cm³/mol. The molecule has 2 amide bonds. The maximum Gasteiger partial charge on any atom is 0.325 e. The molecular formula is C23H29N7O. The maximum absolute atomic E-state index is 12.3. The maximum atomic E-state index is 12.3. The number of anilines is 3. The lowest BCUT2D eigenvalue weighted by Gasteiger charge is -2.20. The first kappa shape index (κ1) is 19.7. The zero-order valence-corrected chi connectivity index (χ0v) is 18.3. The number of benzene rings is 1. The van der Waals surface area contributed by atoms with Gasteiger partial charge in [0.15, 0.2) is 0 Å². The third kappa shape index (κ3) is 3.66. The standard InChI is InChI=1S/C23H29N7O/c1-16(2)17-5-4-6-18(13-17)29-14-19(25-15-29)23(8-9-23)27-21-24-10-7-20(26-21)30-12-11-28(3)22(30)31/h4-7,10,13-14,16,25H,8-9,11-12,15H2,1-3H3,(H,24,26,27). The SMILES string of the molecule is CC(C)c1cccc(N2C=C(C3(Nc4nccc(N5CCN(C)C5=O)n4)CC3)NC2)c1. The lowest BCUT2D eigenvalue weighted by atomic mass is 10.0. The predicted octanol–water partition coefficient (Wildman–Crippen LogP) is 3.33. The van der Waals surface area contributed by atoms with Crippen LogP contribution in [0.2, 0.25) is 0 Å². The fourth-order valence-electron chi connectivity index (χ4n) is 4.16. The summed E-state index contributed by atoms with van der Waals surface area (Å²) in [5.41, 5.74) is 3.52. The van der Waals surface area contributed by atoms with E-state index in [-0.39, 0.29) is 11.6 Å². The minimum Gasteiger partial charge on any atom is -0.368 e. The van der Waals surface area contributed by atoms with Crippen LogP contribution in [0, 0.1) is 0 Å². The number of urea groups is 1. The van der Waals surface area contributed by atoms with E-state index < -0.39 is 0 Å². The number of likely N-dealkylation sites (N-methyl/N-ethyl adjacent to an activating group) is 1. The second kappa shape index (κ2) is 7.44. The Morgan fingerprint density at radius 1 is 1.19 bits per heavy atom. The van der Waals surface area contributed by atoms with Crippen LogP contribution < -0.4 is 20.4 Å². The van der Waals surface area contributed by atoms with Gasteiger partial charge < -0.3 is 20.4 Å². The van der Waals surface area contributed by atoms with Crippen molar-refractivity contribution in [1.29, 1.82) is 0 Å². The molecular weight excluding hydrogens is 390 g/mol. The molecule has 1 aromatic heterocycles. The molecule has 5 rings (SSSR count). The van der Waals surface area contributed by atoms with Crippen molar-refractivity contribution in [2.45, 2.75) is 38.1 Å². The number of aromatic nitrogens is 2. The van der Waals surface area contributed by atoms with Crippen molar-refractivity contribution >= 4 is 23.5 Å². The van der Waals surface area contributed by atoms with Crippen molar-refractivity contribution in [1.82, 2.24) is 20.2 Å². The molecule has 0 unspecified atom stereocenters. The Morgan fingerprint density at radius 2 is 2.03 bits per heavy atom. The van der Waals surface area contributed by atoms with Crippen molar-refractivity contribution in [3.05, 3.63) is 54.0 Å². The van der Waals surface area contributed by atoms with Gasteiger partial charge in [-0.1, -0.05) is 26.0 Å². The van der Waals surface area contributed by atoms with Crippen LogP contribution in [-0.4, -0.2) is 53.2 Å². The van der Waals surface area contributed by atoms with E-state index in [2.05, 4.69) is 69.8 Å². The van der Waals surface area contributed by atoms with Gasteiger partial charge in [0.25, 0.3) is 0 Å². The van der Waals surface area contributed by atoms with Crippen LogP contribution in [0.15, 0.2) is 48.4 Å². The highest BCUT2D eigenvalue weighted by Crippen LogP contribution is 2.45. The van der Waals surface area contributed by atoms with Gasteiger partial charge in [-0.15, -0.1) is 0 Å². The largest absolute Gasteiger partial charge is 0.368 e. The molecule has 1 aliphatic carbocycles. The van der Waals surface area contributed by atoms with Gasteiger partial charge in [-0.2, -0.15) is 4.98 Å². The summed E-state index contributed by atoms with van der Waals surface area (Å²) in [4.78, 5) is 27.0. The summed E-state index contributed by atoms with van der Waals surface area (Å²) in [5, 5.41) is 7.09. The van der Waals surface area contributed by atoms with Gasteiger partial charge in [0.1, 0.15) is 5.82 Å². The molecule has 1 saturated carbocycles. The number of amides is 2. The van der Waals surface area contributed by atoms with Crippen molar-refractivity contribution in [2.24, 2.45) is 0 Å². The first-order valence-corrected chi connectivity index (χ1v) is 10.9.